The molecule has 0 radical (unpaired) electrons. The van der Waals surface area contributed by atoms with Gasteiger partial charge in [-0.05, 0) is 41.8 Å². The summed E-state index contributed by atoms with van der Waals surface area (Å²) in [7, 11) is 0. The molecule has 5 heteroatoms. The predicted molar refractivity (Wildman–Crippen MR) is 110 cm³/mol. The Bertz CT molecular complexity index is 755. The molecule has 1 heterocycles. The number of piperazine rings is 1. The highest BCUT2D eigenvalue weighted by atomic mass is 19.1. The van der Waals surface area contributed by atoms with E-state index in [1.165, 1.54) is 17.7 Å². The normalized spacial score (nSPS) is 15.5. The fourth-order valence-electron chi connectivity index (χ4n) is 3.52. The van der Waals surface area contributed by atoms with Crippen molar-refractivity contribution in [3.63, 3.8) is 0 Å². The number of hydrogen-bond acceptors (Lipinski definition) is 3. The second kappa shape index (κ2) is 10.3. The Labute approximate surface area is 167 Å². The first-order chi connectivity index (χ1) is 13.6. The zero-order chi connectivity index (χ0) is 19.8. The zero-order valence-corrected chi connectivity index (χ0v) is 16.7. The molecule has 1 fully saturated rings. The van der Waals surface area contributed by atoms with Gasteiger partial charge < -0.3 is 10.2 Å². The molecule has 2 aromatic rings. The topological polar surface area (TPSA) is 35.6 Å². The van der Waals surface area contributed by atoms with Gasteiger partial charge in [0.05, 0.1) is 0 Å². The summed E-state index contributed by atoms with van der Waals surface area (Å²) in [6.07, 6.45) is 0.916. The standard InChI is InChI=1S/C23H30FN3O/c1-2-26-12-14-27(15-13-26)18-21-8-6-20(7-9-21)17-25-23(28)11-10-19-4-3-5-22(24)16-19/h3-9,16H,2,10-15,17-18H2,1H3,(H,25,28). The summed E-state index contributed by atoms with van der Waals surface area (Å²) in [5.74, 6) is -0.271. The smallest absolute Gasteiger partial charge is 0.220 e. The van der Waals surface area contributed by atoms with E-state index in [4.69, 9.17) is 0 Å². The highest BCUT2D eigenvalue weighted by Gasteiger charge is 2.15. The van der Waals surface area contributed by atoms with E-state index in [-0.39, 0.29) is 11.7 Å². The second-order valence-electron chi connectivity index (χ2n) is 7.43. The summed E-state index contributed by atoms with van der Waals surface area (Å²) >= 11 is 0. The molecule has 1 aliphatic heterocycles. The molecule has 0 aliphatic carbocycles. The summed E-state index contributed by atoms with van der Waals surface area (Å²) in [5, 5.41) is 2.95. The molecule has 0 bridgehead atoms. The lowest BCUT2D eigenvalue weighted by molar-refractivity contribution is -0.121. The Kier molecular flexibility index (Phi) is 7.57. The van der Waals surface area contributed by atoms with Gasteiger partial charge in [-0.2, -0.15) is 0 Å². The van der Waals surface area contributed by atoms with E-state index in [0.717, 1.165) is 50.4 Å². The van der Waals surface area contributed by atoms with Gasteiger partial charge in [0.2, 0.25) is 5.91 Å². The predicted octanol–water partition coefficient (Wildman–Crippen LogP) is 3.21. The van der Waals surface area contributed by atoms with Gasteiger partial charge in [-0.15, -0.1) is 0 Å². The highest BCUT2D eigenvalue weighted by Crippen LogP contribution is 2.11. The van der Waals surface area contributed by atoms with Gasteiger partial charge in [0.15, 0.2) is 0 Å². The van der Waals surface area contributed by atoms with Crippen LogP contribution in [0.15, 0.2) is 48.5 Å². The summed E-state index contributed by atoms with van der Waals surface area (Å²) in [6, 6.07) is 14.9. The van der Waals surface area contributed by atoms with Crippen LogP contribution in [0.4, 0.5) is 4.39 Å². The molecular formula is C23H30FN3O. The van der Waals surface area contributed by atoms with Gasteiger partial charge in [0, 0.05) is 45.7 Å². The monoisotopic (exact) mass is 383 g/mol. The van der Waals surface area contributed by atoms with E-state index in [2.05, 4.69) is 46.3 Å². The quantitative estimate of drug-likeness (QED) is 0.760. The number of carbonyl (C=O) groups is 1. The first-order valence-corrected chi connectivity index (χ1v) is 10.2. The number of amides is 1. The van der Waals surface area contributed by atoms with Crippen LogP contribution < -0.4 is 5.32 Å². The molecule has 1 saturated heterocycles. The molecule has 28 heavy (non-hydrogen) atoms. The summed E-state index contributed by atoms with van der Waals surface area (Å²) in [5.41, 5.74) is 3.25. The lowest BCUT2D eigenvalue weighted by Crippen LogP contribution is -2.45. The molecule has 0 spiro atoms. The molecule has 4 nitrogen and oxygen atoms in total. The van der Waals surface area contributed by atoms with Crippen molar-refractivity contribution >= 4 is 5.91 Å². The SMILES string of the molecule is CCN1CCN(Cc2ccc(CNC(=O)CCc3cccc(F)c3)cc2)CC1. The minimum Gasteiger partial charge on any atom is -0.352 e. The molecule has 0 unspecified atom stereocenters. The molecule has 0 saturated carbocycles. The van der Waals surface area contributed by atoms with Gasteiger partial charge in [-0.1, -0.05) is 43.3 Å². The van der Waals surface area contributed by atoms with Crippen molar-refractivity contribution in [2.75, 3.05) is 32.7 Å². The van der Waals surface area contributed by atoms with Crippen molar-refractivity contribution in [2.45, 2.75) is 32.9 Å². The second-order valence-corrected chi connectivity index (χ2v) is 7.43. The number of nitrogens with one attached hydrogen (secondary N) is 1. The van der Waals surface area contributed by atoms with E-state index < -0.39 is 0 Å². The third kappa shape index (κ3) is 6.43. The van der Waals surface area contributed by atoms with Crippen molar-refractivity contribution in [1.29, 1.82) is 0 Å². The van der Waals surface area contributed by atoms with Crippen LogP contribution >= 0.6 is 0 Å². The number of hydrogen-bond donors (Lipinski definition) is 1. The lowest BCUT2D eigenvalue weighted by atomic mass is 10.1. The molecule has 1 aliphatic rings. The van der Waals surface area contributed by atoms with Crippen LogP contribution in [0.3, 0.4) is 0 Å². The Balaban J connectivity index is 1.38. The maximum Gasteiger partial charge on any atom is 0.220 e. The van der Waals surface area contributed by atoms with E-state index in [0.29, 0.717) is 19.4 Å². The number of benzene rings is 2. The number of aryl methyl sites for hydroxylation is 1. The van der Waals surface area contributed by atoms with Crippen molar-refractivity contribution in [3.8, 4) is 0 Å². The minimum absolute atomic E-state index is 0.0119. The van der Waals surface area contributed by atoms with Crippen LogP contribution in [0.5, 0.6) is 0 Å². The number of halogens is 1. The molecule has 1 amide bonds. The Morgan fingerprint density at radius 1 is 0.964 bits per heavy atom. The maximum atomic E-state index is 13.2. The molecule has 3 rings (SSSR count). The van der Waals surface area contributed by atoms with Crippen LogP contribution in [-0.4, -0.2) is 48.4 Å². The first-order valence-electron chi connectivity index (χ1n) is 10.2. The van der Waals surface area contributed by atoms with Crippen molar-refractivity contribution < 1.29 is 9.18 Å². The molecule has 2 aromatic carbocycles. The fourth-order valence-corrected chi connectivity index (χ4v) is 3.52. The molecule has 0 atom stereocenters. The van der Waals surface area contributed by atoms with E-state index in [9.17, 15) is 9.18 Å². The van der Waals surface area contributed by atoms with Crippen LogP contribution in [0.1, 0.15) is 30.0 Å². The van der Waals surface area contributed by atoms with E-state index >= 15 is 0 Å². The first kappa shape index (κ1) is 20.5. The van der Waals surface area contributed by atoms with Crippen molar-refractivity contribution in [2.24, 2.45) is 0 Å². The summed E-state index contributed by atoms with van der Waals surface area (Å²) < 4.78 is 13.2. The van der Waals surface area contributed by atoms with Gasteiger partial charge >= 0.3 is 0 Å². The fraction of sp³-hybridized carbons (Fsp3) is 0.435. The van der Waals surface area contributed by atoms with Crippen molar-refractivity contribution in [3.05, 3.63) is 71.0 Å². The molecule has 150 valence electrons. The third-order valence-electron chi connectivity index (χ3n) is 5.36. The van der Waals surface area contributed by atoms with E-state index in [1.54, 1.807) is 6.07 Å². The number of rotatable bonds is 8. The summed E-state index contributed by atoms with van der Waals surface area (Å²) in [6.45, 7) is 9.40. The van der Waals surface area contributed by atoms with Crippen LogP contribution in [-0.2, 0) is 24.3 Å². The highest BCUT2D eigenvalue weighted by molar-refractivity contribution is 5.76. The average Bonchev–Trinajstić information content (AvgIpc) is 2.72. The number of likely N-dealkylation sites (N-methyl/N-ethyl adjacent to an activating group) is 1. The van der Waals surface area contributed by atoms with Crippen LogP contribution in [0.25, 0.3) is 0 Å². The van der Waals surface area contributed by atoms with Crippen molar-refractivity contribution in [1.82, 2.24) is 15.1 Å². The van der Waals surface area contributed by atoms with Crippen LogP contribution in [0, 0.1) is 5.82 Å². The largest absolute Gasteiger partial charge is 0.352 e. The molecule has 0 aromatic heterocycles. The Morgan fingerprint density at radius 3 is 2.32 bits per heavy atom. The van der Waals surface area contributed by atoms with Crippen LogP contribution in [0.2, 0.25) is 0 Å². The van der Waals surface area contributed by atoms with Gasteiger partial charge in [-0.3, -0.25) is 9.69 Å². The Hall–Kier alpha value is -2.24. The number of carbonyl (C=O) groups excluding carboxylic acids is 1. The zero-order valence-electron chi connectivity index (χ0n) is 16.7. The van der Waals surface area contributed by atoms with E-state index in [1.807, 2.05) is 6.07 Å². The summed E-state index contributed by atoms with van der Waals surface area (Å²) in [4.78, 5) is 17.0. The van der Waals surface area contributed by atoms with Gasteiger partial charge in [0.25, 0.3) is 0 Å². The number of nitrogens with zero attached hydrogens (tertiary/aromatic N) is 2. The average molecular weight is 384 g/mol. The minimum atomic E-state index is -0.259. The maximum absolute atomic E-state index is 13.2. The van der Waals surface area contributed by atoms with Gasteiger partial charge in [-0.25, -0.2) is 4.39 Å². The molecule has 1 N–H and O–H groups in total. The lowest BCUT2D eigenvalue weighted by Gasteiger charge is -2.34. The third-order valence-corrected chi connectivity index (χ3v) is 5.36. The Morgan fingerprint density at radius 2 is 1.64 bits per heavy atom. The van der Waals surface area contributed by atoms with Gasteiger partial charge in [0.1, 0.15) is 5.82 Å². The molecular weight excluding hydrogens is 353 g/mol.